The first kappa shape index (κ1) is 24.1. The molecular weight excluding hydrogens is 489 g/mol. The van der Waals surface area contributed by atoms with Gasteiger partial charge in [-0.1, -0.05) is 17.7 Å². The molecule has 1 amide bonds. The van der Waals surface area contributed by atoms with Crippen molar-refractivity contribution >= 4 is 50.6 Å². The lowest BCUT2D eigenvalue weighted by Gasteiger charge is -2.31. The lowest BCUT2D eigenvalue weighted by molar-refractivity contribution is -0.126. The summed E-state index contributed by atoms with van der Waals surface area (Å²) in [6.07, 6.45) is 7.98. The number of hydrogen-bond donors (Lipinski definition) is 2. The maximum atomic E-state index is 13.5. The van der Waals surface area contributed by atoms with Gasteiger partial charge in [-0.3, -0.25) is 9.69 Å². The Kier molecular flexibility index (Phi) is 7.29. The number of aliphatic hydroxyl groups is 1. The van der Waals surface area contributed by atoms with Gasteiger partial charge in [-0.15, -0.1) is 11.3 Å². The molecule has 1 unspecified atom stereocenters. The van der Waals surface area contributed by atoms with E-state index < -0.39 is 5.82 Å². The summed E-state index contributed by atoms with van der Waals surface area (Å²) < 4.78 is 13.5. The number of rotatable bonds is 6. The van der Waals surface area contributed by atoms with Crippen molar-refractivity contribution in [2.45, 2.75) is 25.8 Å². The second-order valence-electron chi connectivity index (χ2n) is 9.02. The maximum Gasteiger partial charge on any atom is 0.246 e. The van der Waals surface area contributed by atoms with Crippen LogP contribution in [0.2, 0.25) is 5.02 Å². The van der Waals surface area contributed by atoms with Gasteiger partial charge < -0.3 is 15.3 Å². The molecule has 0 aliphatic carbocycles. The minimum Gasteiger partial charge on any atom is -0.396 e. The van der Waals surface area contributed by atoms with E-state index >= 15 is 0 Å². The highest BCUT2D eigenvalue weighted by Crippen LogP contribution is 2.38. The Bertz CT molecular complexity index is 1270. The van der Waals surface area contributed by atoms with Crippen molar-refractivity contribution in [3.05, 3.63) is 58.0 Å². The monoisotopic (exact) mass is 515 g/mol. The number of aromatic nitrogens is 2. The summed E-state index contributed by atoms with van der Waals surface area (Å²) in [5, 5.41) is 13.6. The molecule has 0 radical (unpaired) electrons. The summed E-state index contributed by atoms with van der Waals surface area (Å²) in [7, 11) is 0. The van der Waals surface area contributed by atoms with Crippen molar-refractivity contribution in [3.63, 3.8) is 0 Å². The normalized spacial score (nSPS) is 18.8. The first-order valence-corrected chi connectivity index (χ1v) is 13.0. The summed E-state index contributed by atoms with van der Waals surface area (Å²) in [6, 6.07) is 4.47. The summed E-state index contributed by atoms with van der Waals surface area (Å²) >= 11 is 7.50. The van der Waals surface area contributed by atoms with E-state index in [0.29, 0.717) is 36.9 Å². The Balaban J connectivity index is 1.28. The Morgan fingerprint density at radius 3 is 3.06 bits per heavy atom. The van der Waals surface area contributed by atoms with E-state index in [1.807, 2.05) is 11.0 Å². The van der Waals surface area contributed by atoms with Gasteiger partial charge in [0.15, 0.2) is 0 Å². The van der Waals surface area contributed by atoms with Crippen LogP contribution in [0.1, 0.15) is 23.3 Å². The minimum absolute atomic E-state index is 0.00853. The topological polar surface area (TPSA) is 81.6 Å². The second kappa shape index (κ2) is 10.6. The summed E-state index contributed by atoms with van der Waals surface area (Å²) in [4.78, 5) is 27.8. The quantitative estimate of drug-likeness (QED) is 0.474. The Morgan fingerprint density at radius 1 is 1.34 bits per heavy atom. The summed E-state index contributed by atoms with van der Waals surface area (Å²) in [5.41, 5.74) is 1.80. The zero-order chi connectivity index (χ0) is 24.4. The first-order chi connectivity index (χ1) is 17.0. The van der Waals surface area contributed by atoms with Crippen LogP contribution >= 0.6 is 22.9 Å². The molecule has 184 valence electrons. The van der Waals surface area contributed by atoms with Crippen LogP contribution < -0.4 is 5.32 Å². The van der Waals surface area contributed by atoms with Gasteiger partial charge in [0.2, 0.25) is 5.91 Å². The van der Waals surface area contributed by atoms with Gasteiger partial charge in [0.25, 0.3) is 0 Å². The zero-order valence-corrected chi connectivity index (χ0v) is 20.8. The highest BCUT2D eigenvalue weighted by molar-refractivity contribution is 7.19. The maximum absolute atomic E-state index is 13.5. The molecule has 35 heavy (non-hydrogen) atoms. The minimum atomic E-state index is -0.470. The number of aliphatic hydroxyl groups excluding tert-OH is 1. The Hall–Kier alpha value is -2.59. The van der Waals surface area contributed by atoms with E-state index in [4.69, 9.17) is 11.6 Å². The molecule has 2 aliphatic rings. The lowest BCUT2D eigenvalue weighted by Crippen LogP contribution is -2.37. The number of fused-ring (bicyclic) bond motifs is 3. The molecule has 1 fully saturated rings. The van der Waals surface area contributed by atoms with Gasteiger partial charge in [-0.05, 0) is 55.5 Å². The van der Waals surface area contributed by atoms with Gasteiger partial charge in [0.1, 0.15) is 22.8 Å². The molecule has 4 heterocycles. The molecule has 5 rings (SSSR count). The fourth-order valence-electron chi connectivity index (χ4n) is 4.80. The van der Waals surface area contributed by atoms with Crippen molar-refractivity contribution in [2.75, 3.05) is 38.1 Å². The molecule has 2 aliphatic heterocycles. The number of nitrogens with zero attached hydrogens (tertiary/aromatic N) is 4. The SMILES string of the molecule is O=C(/C=C/CN1CCCC(CO)C1)N1CCc2c(sc3ncnc(Nc4ccc(F)c(Cl)c4)c23)C1. The molecule has 0 spiro atoms. The predicted octanol–water partition coefficient (Wildman–Crippen LogP) is 4.37. The van der Waals surface area contributed by atoms with Crippen LogP contribution in [0.25, 0.3) is 10.2 Å². The van der Waals surface area contributed by atoms with E-state index in [1.54, 1.807) is 23.5 Å². The smallest absolute Gasteiger partial charge is 0.246 e. The van der Waals surface area contributed by atoms with Gasteiger partial charge in [0, 0.05) is 42.9 Å². The molecule has 1 atom stereocenters. The standard InChI is InChI=1S/C25H27ClFN5O2S/c26-19-11-17(5-6-20(19)27)30-24-23-18-7-10-32(13-21(18)35-25(23)29-15-28-24)22(34)4-2-9-31-8-1-3-16(12-31)14-33/h2,4-6,11,15-16,33H,1,3,7-10,12-14H2,(H,28,29,30)/b4-2+. The number of thiophene rings is 1. The number of anilines is 2. The van der Waals surface area contributed by atoms with Gasteiger partial charge in [-0.2, -0.15) is 0 Å². The van der Waals surface area contributed by atoms with Crippen LogP contribution in [0.3, 0.4) is 0 Å². The van der Waals surface area contributed by atoms with Crippen molar-refractivity contribution in [1.82, 2.24) is 19.8 Å². The predicted molar refractivity (Wildman–Crippen MR) is 137 cm³/mol. The van der Waals surface area contributed by atoms with Crippen molar-refractivity contribution in [2.24, 2.45) is 5.92 Å². The number of piperidine rings is 1. The van der Waals surface area contributed by atoms with Crippen LogP contribution in [0.15, 0.2) is 36.7 Å². The van der Waals surface area contributed by atoms with Crippen LogP contribution in [0, 0.1) is 11.7 Å². The lowest BCUT2D eigenvalue weighted by atomic mass is 9.99. The van der Waals surface area contributed by atoms with Crippen molar-refractivity contribution in [1.29, 1.82) is 0 Å². The van der Waals surface area contributed by atoms with Gasteiger partial charge in [-0.25, -0.2) is 14.4 Å². The first-order valence-electron chi connectivity index (χ1n) is 11.8. The number of benzene rings is 1. The molecule has 3 aromatic rings. The molecule has 7 nitrogen and oxygen atoms in total. The third-order valence-electron chi connectivity index (χ3n) is 6.62. The molecule has 0 saturated carbocycles. The fourth-order valence-corrected chi connectivity index (χ4v) is 6.18. The highest BCUT2D eigenvalue weighted by Gasteiger charge is 2.26. The molecular formula is C25H27ClFN5O2S. The van der Waals surface area contributed by atoms with Crippen LogP contribution in [-0.4, -0.2) is 63.6 Å². The molecule has 1 aromatic carbocycles. The van der Waals surface area contributed by atoms with Crippen LogP contribution in [-0.2, 0) is 17.8 Å². The van der Waals surface area contributed by atoms with E-state index in [9.17, 15) is 14.3 Å². The second-order valence-corrected chi connectivity index (χ2v) is 10.5. The number of carbonyl (C=O) groups excluding carboxylic acids is 1. The van der Waals surface area contributed by atoms with Crippen LogP contribution in [0.4, 0.5) is 15.9 Å². The number of amides is 1. The number of carbonyl (C=O) groups is 1. The molecule has 2 aromatic heterocycles. The molecule has 1 saturated heterocycles. The van der Waals surface area contributed by atoms with E-state index in [2.05, 4.69) is 20.2 Å². The van der Waals surface area contributed by atoms with Crippen LogP contribution in [0.5, 0.6) is 0 Å². The molecule has 0 bridgehead atoms. The average Bonchev–Trinajstić information content (AvgIpc) is 3.25. The van der Waals surface area contributed by atoms with Crippen molar-refractivity contribution < 1.29 is 14.3 Å². The number of nitrogens with one attached hydrogen (secondary N) is 1. The third kappa shape index (κ3) is 5.33. The Morgan fingerprint density at radius 2 is 2.23 bits per heavy atom. The van der Waals surface area contributed by atoms with Gasteiger partial charge in [0.05, 0.1) is 17.0 Å². The van der Waals surface area contributed by atoms with E-state index in [-0.39, 0.29) is 17.5 Å². The average molecular weight is 516 g/mol. The summed E-state index contributed by atoms with van der Waals surface area (Å²) in [6.45, 7) is 4.00. The van der Waals surface area contributed by atoms with E-state index in [0.717, 1.165) is 53.1 Å². The number of likely N-dealkylation sites (tertiary alicyclic amines) is 1. The zero-order valence-electron chi connectivity index (χ0n) is 19.2. The highest BCUT2D eigenvalue weighted by atomic mass is 35.5. The Labute approximate surface area is 212 Å². The van der Waals surface area contributed by atoms with E-state index in [1.165, 1.54) is 18.5 Å². The largest absolute Gasteiger partial charge is 0.396 e. The fraction of sp³-hybridized carbons (Fsp3) is 0.400. The van der Waals surface area contributed by atoms with Gasteiger partial charge >= 0.3 is 0 Å². The third-order valence-corrected chi connectivity index (χ3v) is 8.03. The number of hydrogen-bond acceptors (Lipinski definition) is 7. The molecule has 10 heteroatoms. The summed E-state index contributed by atoms with van der Waals surface area (Å²) in [5.74, 6) is 0.526. The number of halogens is 2. The molecule has 2 N–H and O–H groups in total. The van der Waals surface area contributed by atoms with Crippen molar-refractivity contribution in [3.8, 4) is 0 Å².